The number of amides is 4. The quantitative estimate of drug-likeness (QED) is 0.0156. The number of aromatic nitrogens is 8. The van der Waals surface area contributed by atoms with Crippen molar-refractivity contribution in [3.05, 3.63) is 192 Å². The first kappa shape index (κ1) is 101. The third-order valence-electron chi connectivity index (χ3n) is 22.5. The summed E-state index contributed by atoms with van der Waals surface area (Å²) in [4.78, 5) is 142. The number of ketones is 2. The molecule has 2 fully saturated rings. The van der Waals surface area contributed by atoms with E-state index >= 15 is 0 Å². The van der Waals surface area contributed by atoms with Gasteiger partial charge in [0.1, 0.15) is 11.6 Å². The number of ether oxygens (including phenoxy) is 4. The van der Waals surface area contributed by atoms with Crippen molar-refractivity contribution in [1.82, 2.24) is 49.7 Å². The van der Waals surface area contributed by atoms with Gasteiger partial charge in [-0.25, -0.2) is 19.9 Å². The van der Waals surface area contributed by atoms with Crippen LogP contribution in [-0.4, -0.2) is 175 Å². The number of fused-ring (bicyclic) bond motifs is 16. The van der Waals surface area contributed by atoms with E-state index in [1.165, 1.54) is 33.3 Å². The first-order chi connectivity index (χ1) is 57.7. The van der Waals surface area contributed by atoms with Crippen molar-refractivity contribution in [2.45, 2.75) is 170 Å². The van der Waals surface area contributed by atoms with Gasteiger partial charge in [-0.1, -0.05) is 146 Å². The van der Waals surface area contributed by atoms with Crippen LogP contribution in [0.1, 0.15) is 209 Å². The number of rotatable bonds is 40. The normalized spacial score (nSPS) is 14.9. The predicted molar refractivity (Wildman–Crippen MR) is 489 cm³/mol. The van der Waals surface area contributed by atoms with Gasteiger partial charge in [0, 0.05) is 75.7 Å². The number of hydrogen-bond acceptors (Lipinski definition) is 18. The van der Waals surface area contributed by atoms with Gasteiger partial charge in [0.15, 0.2) is 0 Å². The number of likely N-dealkylation sites (tertiary alicyclic amines) is 2. The molecule has 658 valence electrons. The summed E-state index contributed by atoms with van der Waals surface area (Å²) >= 11 is 2.99. The minimum Gasteiger partial charge on any atom is -0.657 e. The minimum absolute atomic E-state index is 0. The van der Waals surface area contributed by atoms with Crippen molar-refractivity contribution < 1.29 is 102 Å². The summed E-state index contributed by atoms with van der Waals surface area (Å²) in [5.74, 6) is -0.599. The van der Waals surface area contributed by atoms with Gasteiger partial charge in [-0.15, -0.1) is 67.7 Å². The number of carbonyl (C=O) groups is 8. The standard InChI is InChI=1S/2C47H54N5O7S.2CH3.2Fe/c1-8-32-27(4)36-22-37-30(7)35(15-16-46(55)56)43(50-37)25-42-34(29(6)39(51-42)24-41-33(9-2)28(5)38(49-41)23-40(32)48-36)14-13-31(53)12-11-18-58-20-21-59-19-17-52-45(54)26-44(47(52)57)60-10-3;1-8-32-27(4)36-22-37-29(6)34(14-13-31(53)12-11-18-58-20-21-59-19-17-52-45(54)26-44(47(52)57)60-10-3)42(50-37)25-43-35(15-16-46(55)56)30(7)39(51-43)24-41-33(9-2)28(5)38(49-41)23-40(32)48-36;;;;/h2*8-9,22-25,44H,1-2,10-21,26H2,3-7H3,(H2-,48,49,50,51,55,56);2*1H3;;/q4*-1;2*+3/p-2. The molecule has 2 atom stereocenters. The fourth-order valence-corrected chi connectivity index (χ4v) is 17.5. The Morgan fingerprint density at radius 2 is 0.726 bits per heavy atom. The van der Waals surface area contributed by atoms with Gasteiger partial charge in [-0.05, 0) is 150 Å². The topological polar surface area (TPSA) is 328 Å². The van der Waals surface area contributed by atoms with Crippen molar-refractivity contribution in [3.8, 4) is 0 Å². The number of nitrogens with zero attached hydrogens (tertiary/aromatic N) is 10. The van der Waals surface area contributed by atoms with Crippen molar-refractivity contribution in [3.63, 3.8) is 0 Å². The molecule has 0 spiro atoms. The molecule has 6 aliphatic rings. The molecule has 28 heteroatoms. The molecule has 24 nitrogen and oxygen atoms in total. The maximum absolute atomic E-state index is 13.2. The Bertz CT molecular complexity index is 5600. The molecule has 2 saturated heterocycles. The smallest absolute Gasteiger partial charge is 0.657 e. The van der Waals surface area contributed by atoms with Crippen LogP contribution in [0, 0.1) is 42.5 Å². The first-order valence-electron chi connectivity index (χ1n) is 41.0. The van der Waals surface area contributed by atoms with Crippen molar-refractivity contribution >= 4 is 172 Å². The molecule has 6 aromatic rings. The van der Waals surface area contributed by atoms with E-state index in [1.807, 2.05) is 124 Å². The van der Waals surface area contributed by atoms with Gasteiger partial charge in [0.05, 0.1) is 109 Å². The largest absolute Gasteiger partial charge is 3.00 e. The number of carboxylic acid groups (broad SMARTS) is 2. The Hall–Kier alpha value is -9.70. The molecule has 16 bridgehead atoms. The van der Waals surface area contributed by atoms with Crippen LogP contribution in [0.15, 0.2) is 87.0 Å². The summed E-state index contributed by atoms with van der Waals surface area (Å²) in [6.45, 7) is 39.3. The second-order valence-corrected chi connectivity index (χ2v) is 33.1. The van der Waals surface area contributed by atoms with Crippen LogP contribution in [0.4, 0.5) is 0 Å². The van der Waals surface area contributed by atoms with E-state index in [9.17, 15) is 48.6 Å². The number of carbonyl (C=O) groups excluding carboxylic acids is 6. The Kier molecular flexibility index (Phi) is 38.5. The number of thioether (sulfide) groups is 2. The maximum Gasteiger partial charge on any atom is 3.00 e. The number of aliphatic carboxylic acids is 2. The zero-order chi connectivity index (χ0) is 86.2. The molecule has 124 heavy (non-hydrogen) atoms. The van der Waals surface area contributed by atoms with E-state index in [0.29, 0.717) is 137 Å². The molecule has 0 aliphatic carbocycles. The molecule has 12 heterocycles. The van der Waals surface area contributed by atoms with Gasteiger partial charge in [-0.2, -0.15) is 0 Å². The second kappa shape index (κ2) is 47.0. The Morgan fingerprint density at radius 3 is 1.07 bits per heavy atom. The van der Waals surface area contributed by atoms with E-state index in [0.717, 1.165) is 151 Å². The molecule has 12 rings (SSSR count). The van der Waals surface area contributed by atoms with Crippen LogP contribution < -0.4 is 19.9 Å². The SMILES string of the molecule is C=CC1=C(C)c2cc3[n-]c(cc4nc(cc5[n-]c(cc1n2)c(C)c5C=C)C(C)=C4CCC(=O)O)c(CCC(=O)CCCOCCOCCN1C(=O)CC(SCC)C1=O)c3C.C=CC1=C(C)c2cc3[n-]c(cc4nc(cc5[n-]c(cc1n2)c(C)c5CCC(=O)CCCOCCOCCN1C(=O)CC(SCC)C1=O)C(CCC(=O)O)=C4C)c(C)c3C=C.[CH3-].[CH3-].[Fe+3].[Fe+3]. The van der Waals surface area contributed by atoms with E-state index < -0.39 is 11.9 Å². The summed E-state index contributed by atoms with van der Waals surface area (Å²) in [5.41, 5.74) is 25.9. The van der Waals surface area contributed by atoms with Gasteiger partial charge in [0.25, 0.3) is 0 Å². The second-order valence-electron chi connectivity index (χ2n) is 30.2. The predicted octanol–water partition coefficient (Wildman–Crippen LogP) is 16.8. The van der Waals surface area contributed by atoms with Gasteiger partial charge in [-0.3, -0.25) is 48.2 Å². The molecule has 0 aromatic carbocycles. The number of hydrogen-bond donors (Lipinski definition) is 2. The Morgan fingerprint density at radius 1 is 0.411 bits per heavy atom. The fourth-order valence-electron chi connectivity index (χ4n) is 15.7. The monoisotopic (exact) mass is 1800 g/mol. The minimum atomic E-state index is -0.897. The summed E-state index contributed by atoms with van der Waals surface area (Å²) in [5, 5.41) is 18.7. The zero-order valence-corrected chi connectivity index (χ0v) is 76.9. The summed E-state index contributed by atoms with van der Waals surface area (Å²) in [6.07, 6.45) is 11.5. The molecule has 2 radical (unpaired) electrons. The van der Waals surface area contributed by atoms with Crippen LogP contribution in [0.25, 0.3) is 101 Å². The van der Waals surface area contributed by atoms with Crippen molar-refractivity contribution in [1.29, 1.82) is 0 Å². The van der Waals surface area contributed by atoms with Crippen LogP contribution in [-0.2, 0) is 104 Å². The molecular formula is C96H112Fe2N10O14S2. The molecule has 0 saturated carbocycles. The van der Waals surface area contributed by atoms with E-state index in [-0.39, 0.29) is 153 Å². The van der Waals surface area contributed by atoms with Gasteiger partial charge >= 0.3 is 46.1 Å². The van der Waals surface area contributed by atoms with Crippen LogP contribution in [0.2, 0.25) is 0 Å². The fraction of sp³-hybridized carbons (Fsp3) is 0.396. The van der Waals surface area contributed by atoms with E-state index in [1.54, 1.807) is 18.2 Å². The summed E-state index contributed by atoms with van der Waals surface area (Å²) in [7, 11) is 0. The molecule has 6 aromatic heterocycles. The molecule has 2 N–H and O–H groups in total. The molecule has 4 amide bonds. The maximum atomic E-state index is 13.2. The van der Waals surface area contributed by atoms with Crippen LogP contribution in [0.5, 0.6) is 0 Å². The Balaban J connectivity index is 0.000000330. The van der Waals surface area contributed by atoms with Crippen LogP contribution >= 0.6 is 23.5 Å². The Labute approximate surface area is 756 Å². The third kappa shape index (κ3) is 24.1. The van der Waals surface area contributed by atoms with E-state index in [4.69, 9.17) is 58.8 Å². The van der Waals surface area contributed by atoms with Crippen molar-refractivity contribution in [2.75, 3.05) is 77.5 Å². The van der Waals surface area contributed by atoms with E-state index in [2.05, 4.69) is 26.3 Å². The van der Waals surface area contributed by atoms with Gasteiger partial charge < -0.3 is 63.9 Å². The van der Waals surface area contributed by atoms with Gasteiger partial charge in [0.2, 0.25) is 23.6 Å². The number of carboxylic acids is 2. The summed E-state index contributed by atoms with van der Waals surface area (Å²) < 4.78 is 22.6. The number of Topliss-reactive ketones (excluding diaryl/α,β-unsaturated/α-hetero) is 2. The zero-order valence-electron chi connectivity index (χ0n) is 73.1. The average Bonchev–Trinajstić information content (AvgIpc) is 1.62. The number of aryl methyl sites for hydroxylation is 6. The molecule has 6 aliphatic heterocycles. The third-order valence-corrected chi connectivity index (χ3v) is 24.8. The molecule has 2 unspecified atom stereocenters. The van der Waals surface area contributed by atoms with Crippen molar-refractivity contribution in [2.24, 2.45) is 0 Å². The molecular weight excluding hydrogens is 1690 g/mol. The number of imide groups is 2. The average molecular weight is 1810 g/mol. The number of allylic oxidation sites excluding steroid dienone is 10. The first-order valence-corrected chi connectivity index (χ1v) is 43.1. The van der Waals surface area contributed by atoms with Crippen LogP contribution in [0.3, 0.4) is 0 Å². The summed E-state index contributed by atoms with van der Waals surface area (Å²) in [6, 6.07) is 15.6.